The van der Waals surface area contributed by atoms with Crippen molar-refractivity contribution in [2.45, 2.75) is 25.8 Å². The lowest BCUT2D eigenvalue weighted by Crippen LogP contribution is -2.40. The summed E-state index contributed by atoms with van der Waals surface area (Å²) in [4.78, 5) is 22.4. The van der Waals surface area contributed by atoms with E-state index in [4.69, 9.17) is 16.7 Å². The van der Waals surface area contributed by atoms with Crippen LogP contribution in [0.5, 0.6) is 0 Å². The molecular formula is C12H14ClNO3. The molecule has 0 spiro atoms. The van der Waals surface area contributed by atoms with Gasteiger partial charge in [0, 0.05) is 5.02 Å². The van der Waals surface area contributed by atoms with Gasteiger partial charge in [-0.05, 0) is 31.5 Å². The first-order valence-electron chi connectivity index (χ1n) is 5.20. The van der Waals surface area contributed by atoms with Gasteiger partial charge >= 0.3 is 5.97 Å². The topological polar surface area (TPSA) is 66.4 Å². The fraction of sp³-hybridized carbons (Fsp3) is 0.333. The monoisotopic (exact) mass is 255 g/mol. The average Bonchev–Trinajstić information content (AvgIpc) is 2.27. The summed E-state index contributed by atoms with van der Waals surface area (Å²) in [5, 5.41) is 11.7. The highest BCUT2D eigenvalue weighted by Gasteiger charge is 2.20. The Balaban J connectivity index is 2.73. The standard InChI is InChI=1S/C12H14ClNO3/c1-7(9-4-3-5-10(13)6-9)11(15)14-8(2)12(16)17/h3-8H,1-2H3,(H,14,15)(H,16,17). The zero-order valence-corrected chi connectivity index (χ0v) is 10.4. The van der Waals surface area contributed by atoms with Gasteiger partial charge in [-0.25, -0.2) is 0 Å². The van der Waals surface area contributed by atoms with Gasteiger partial charge in [-0.1, -0.05) is 23.7 Å². The van der Waals surface area contributed by atoms with E-state index in [1.165, 1.54) is 6.92 Å². The number of amides is 1. The maximum absolute atomic E-state index is 11.8. The Morgan fingerprint density at radius 3 is 2.53 bits per heavy atom. The molecule has 0 fully saturated rings. The van der Waals surface area contributed by atoms with Crippen molar-refractivity contribution in [3.8, 4) is 0 Å². The minimum absolute atomic E-state index is 0.331. The van der Waals surface area contributed by atoms with E-state index in [1.807, 2.05) is 0 Å². The van der Waals surface area contributed by atoms with Gasteiger partial charge < -0.3 is 10.4 Å². The van der Waals surface area contributed by atoms with E-state index >= 15 is 0 Å². The average molecular weight is 256 g/mol. The summed E-state index contributed by atoms with van der Waals surface area (Å²) in [6, 6.07) is 6.04. The molecule has 0 aromatic heterocycles. The minimum Gasteiger partial charge on any atom is -0.480 e. The first-order chi connectivity index (χ1) is 7.91. The zero-order valence-electron chi connectivity index (χ0n) is 9.61. The number of carboxylic acids is 1. The quantitative estimate of drug-likeness (QED) is 0.865. The summed E-state index contributed by atoms with van der Waals surface area (Å²) in [7, 11) is 0. The van der Waals surface area contributed by atoms with Crippen molar-refractivity contribution < 1.29 is 14.7 Å². The van der Waals surface area contributed by atoms with E-state index in [0.717, 1.165) is 5.56 Å². The summed E-state index contributed by atoms with van der Waals surface area (Å²) < 4.78 is 0. The lowest BCUT2D eigenvalue weighted by molar-refractivity contribution is -0.141. The van der Waals surface area contributed by atoms with E-state index in [9.17, 15) is 9.59 Å². The lowest BCUT2D eigenvalue weighted by atomic mass is 10.0. The Labute approximate surface area is 105 Å². The molecule has 1 rings (SSSR count). The molecule has 2 atom stereocenters. The highest BCUT2D eigenvalue weighted by atomic mass is 35.5. The third kappa shape index (κ3) is 3.75. The zero-order chi connectivity index (χ0) is 13.0. The maximum atomic E-state index is 11.8. The molecule has 4 nitrogen and oxygen atoms in total. The molecule has 17 heavy (non-hydrogen) atoms. The van der Waals surface area contributed by atoms with Gasteiger partial charge in [0.1, 0.15) is 6.04 Å². The van der Waals surface area contributed by atoms with E-state index in [1.54, 1.807) is 31.2 Å². The molecule has 2 unspecified atom stereocenters. The van der Waals surface area contributed by atoms with Crippen LogP contribution >= 0.6 is 11.6 Å². The SMILES string of the molecule is CC(NC(=O)C(C)c1cccc(Cl)c1)C(=O)O. The van der Waals surface area contributed by atoms with E-state index in [0.29, 0.717) is 5.02 Å². The minimum atomic E-state index is -1.06. The summed E-state index contributed by atoms with van der Waals surface area (Å²) in [6.07, 6.45) is 0. The molecule has 2 N–H and O–H groups in total. The van der Waals surface area contributed by atoms with Crippen LogP contribution in [0.25, 0.3) is 0 Å². The number of nitrogens with one attached hydrogen (secondary N) is 1. The number of carbonyl (C=O) groups excluding carboxylic acids is 1. The number of hydrogen-bond acceptors (Lipinski definition) is 2. The van der Waals surface area contributed by atoms with Crippen LogP contribution in [0.15, 0.2) is 24.3 Å². The third-order valence-corrected chi connectivity index (χ3v) is 2.71. The number of carbonyl (C=O) groups is 2. The lowest BCUT2D eigenvalue weighted by Gasteiger charge is -2.15. The van der Waals surface area contributed by atoms with Crippen molar-refractivity contribution in [3.05, 3.63) is 34.9 Å². The highest BCUT2D eigenvalue weighted by molar-refractivity contribution is 6.30. The highest BCUT2D eigenvalue weighted by Crippen LogP contribution is 2.19. The number of hydrogen-bond donors (Lipinski definition) is 2. The molecule has 1 aromatic carbocycles. The number of benzene rings is 1. The number of carboxylic acid groups (broad SMARTS) is 1. The Kier molecular flexibility index (Phi) is 4.52. The van der Waals surface area contributed by atoms with Crippen LogP contribution in [0.3, 0.4) is 0 Å². The predicted molar refractivity (Wildman–Crippen MR) is 65.1 cm³/mol. The number of halogens is 1. The molecule has 1 amide bonds. The Morgan fingerprint density at radius 2 is 2.00 bits per heavy atom. The van der Waals surface area contributed by atoms with Gasteiger partial charge in [0.15, 0.2) is 0 Å². The normalized spacial score (nSPS) is 13.8. The first kappa shape index (κ1) is 13.5. The van der Waals surface area contributed by atoms with Gasteiger partial charge in [0.2, 0.25) is 5.91 Å². The molecule has 0 radical (unpaired) electrons. The summed E-state index contributed by atoms with van der Waals surface area (Å²) in [6.45, 7) is 3.13. The fourth-order valence-electron chi connectivity index (χ4n) is 1.33. The van der Waals surface area contributed by atoms with Crippen molar-refractivity contribution in [1.29, 1.82) is 0 Å². The number of rotatable bonds is 4. The van der Waals surface area contributed by atoms with E-state index in [2.05, 4.69) is 5.32 Å². The molecule has 92 valence electrons. The van der Waals surface area contributed by atoms with Crippen molar-refractivity contribution in [2.24, 2.45) is 0 Å². The molecule has 0 heterocycles. The summed E-state index contributed by atoms with van der Waals surface area (Å²) in [5.41, 5.74) is 0.757. The molecule has 0 bridgehead atoms. The van der Waals surface area contributed by atoms with Crippen molar-refractivity contribution in [1.82, 2.24) is 5.32 Å². The van der Waals surface area contributed by atoms with Crippen LogP contribution in [0.4, 0.5) is 0 Å². The van der Waals surface area contributed by atoms with Crippen LogP contribution in [-0.2, 0) is 9.59 Å². The van der Waals surface area contributed by atoms with Gasteiger partial charge in [-0.15, -0.1) is 0 Å². The van der Waals surface area contributed by atoms with Crippen LogP contribution < -0.4 is 5.32 Å². The molecule has 0 saturated carbocycles. The molecular weight excluding hydrogens is 242 g/mol. The van der Waals surface area contributed by atoms with Crippen LogP contribution in [0.2, 0.25) is 5.02 Å². The predicted octanol–water partition coefficient (Wildman–Crippen LogP) is 2.03. The second kappa shape index (κ2) is 5.68. The molecule has 0 aliphatic rings. The molecule has 0 aliphatic heterocycles. The van der Waals surface area contributed by atoms with Crippen molar-refractivity contribution in [3.63, 3.8) is 0 Å². The Morgan fingerprint density at radius 1 is 1.35 bits per heavy atom. The first-order valence-corrected chi connectivity index (χ1v) is 5.58. The van der Waals surface area contributed by atoms with Crippen LogP contribution in [-0.4, -0.2) is 23.0 Å². The van der Waals surface area contributed by atoms with Gasteiger partial charge in [0.25, 0.3) is 0 Å². The van der Waals surface area contributed by atoms with Gasteiger partial charge in [-0.2, -0.15) is 0 Å². The molecule has 5 heteroatoms. The molecule has 0 aliphatic carbocycles. The van der Waals surface area contributed by atoms with Gasteiger partial charge in [-0.3, -0.25) is 9.59 Å². The number of aliphatic carboxylic acids is 1. The fourth-order valence-corrected chi connectivity index (χ4v) is 1.53. The second-order valence-electron chi connectivity index (χ2n) is 3.85. The Bertz CT molecular complexity index is 434. The van der Waals surface area contributed by atoms with E-state index < -0.39 is 17.9 Å². The molecule has 1 aromatic rings. The second-order valence-corrected chi connectivity index (χ2v) is 4.28. The maximum Gasteiger partial charge on any atom is 0.325 e. The van der Waals surface area contributed by atoms with Crippen molar-refractivity contribution >= 4 is 23.5 Å². The van der Waals surface area contributed by atoms with Crippen LogP contribution in [0, 0.1) is 0 Å². The largest absolute Gasteiger partial charge is 0.480 e. The van der Waals surface area contributed by atoms with Gasteiger partial charge in [0.05, 0.1) is 5.92 Å². The van der Waals surface area contributed by atoms with E-state index in [-0.39, 0.29) is 5.91 Å². The smallest absolute Gasteiger partial charge is 0.325 e. The van der Waals surface area contributed by atoms with Crippen molar-refractivity contribution in [2.75, 3.05) is 0 Å². The van der Waals surface area contributed by atoms with Crippen LogP contribution in [0.1, 0.15) is 25.3 Å². The Hall–Kier alpha value is -1.55. The summed E-state index contributed by atoms with van der Waals surface area (Å²) >= 11 is 5.82. The summed E-state index contributed by atoms with van der Waals surface area (Å²) in [5.74, 6) is -1.82. The third-order valence-electron chi connectivity index (χ3n) is 2.47. The molecule has 0 saturated heterocycles.